The van der Waals surface area contributed by atoms with Crippen LogP contribution in [0.5, 0.6) is 11.5 Å². The number of phenols is 2. The van der Waals surface area contributed by atoms with Crippen molar-refractivity contribution in [3.05, 3.63) is 75.9 Å². The molecule has 1 aromatic carbocycles. The van der Waals surface area contributed by atoms with Gasteiger partial charge in [0.15, 0.2) is 28.8 Å². The number of hydrogen-bond donors (Lipinski definition) is 3. The van der Waals surface area contributed by atoms with Gasteiger partial charge in [0.1, 0.15) is 16.7 Å². The van der Waals surface area contributed by atoms with Crippen LogP contribution in [0.4, 0.5) is 0 Å². The molecule has 0 radical (unpaired) electrons. The molecule has 238 valence electrons. The van der Waals surface area contributed by atoms with Gasteiger partial charge in [-0.15, -0.1) is 0 Å². The summed E-state index contributed by atoms with van der Waals surface area (Å²) >= 11 is 0. The van der Waals surface area contributed by atoms with Gasteiger partial charge in [-0.3, -0.25) is 14.4 Å². The third-order valence-electron chi connectivity index (χ3n) is 9.82. The topological polar surface area (TPSA) is 112 Å². The van der Waals surface area contributed by atoms with Crippen molar-refractivity contribution in [3.63, 3.8) is 0 Å². The van der Waals surface area contributed by atoms with E-state index in [1.54, 1.807) is 0 Å². The Morgan fingerprint density at radius 1 is 0.818 bits per heavy atom. The number of aliphatic hydroxyl groups excluding tert-OH is 1. The number of fused-ring (bicyclic) bond motifs is 2. The van der Waals surface area contributed by atoms with Gasteiger partial charge in [-0.1, -0.05) is 60.4 Å². The van der Waals surface area contributed by atoms with E-state index in [4.69, 9.17) is 0 Å². The lowest BCUT2D eigenvalue weighted by Crippen LogP contribution is -2.69. The molecule has 1 aromatic rings. The number of aromatic hydroxyl groups is 2. The Hall–Kier alpha value is -3.67. The summed E-state index contributed by atoms with van der Waals surface area (Å²) in [6.07, 6.45) is 11.1. The first-order chi connectivity index (χ1) is 20.4. The number of carbonyl (C=O) groups excluding carboxylic acids is 3. The molecule has 2 aliphatic rings. The maximum absolute atomic E-state index is 14.9. The number of allylic oxidation sites excluding steroid dienone is 9. The quantitative estimate of drug-likeness (QED) is 0.0616. The molecule has 0 heterocycles. The molecule has 3 N–H and O–H groups in total. The van der Waals surface area contributed by atoms with Crippen LogP contribution in [0.25, 0.3) is 5.76 Å². The molecular weight excluding hydrogens is 552 g/mol. The SMILES string of the molecule is CC(C)=CCCC(C)=CC[C@@H]1C[C@@]2(CC=C(C)C)C(=O)C(=C(O)c3ccc(O)c(O)c3)C(=O)[C@](CC=C(C)C)(C2=O)C1(C)C. The molecule has 0 aliphatic heterocycles. The summed E-state index contributed by atoms with van der Waals surface area (Å²) in [6, 6.07) is 3.65. The van der Waals surface area contributed by atoms with Gasteiger partial charge in [0, 0.05) is 5.56 Å². The van der Waals surface area contributed by atoms with Crippen molar-refractivity contribution in [1.82, 2.24) is 0 Å². The van der Waals surface area contributed by atoms with Gasteiger partial charge in [-0.25, -0.2) is 0 Å². The molecule has 2 fully saturated rings. The fraction of sp³-hybridized carbons (Fsp3) is 0.500. The molecule has 6 nitrogen and oxygen atoms in total. The zero-order valence-corrected chi connectivity index (χ0v) is 27.9. The summed E-state index contributed by atoms with van der Waals surface area (Å²) in [7, 11) is 0. The average Bonchev–Trinajstić information content (AvgIpc) is 2.92. The lowest BCUT2D eigenvalue weighted by molar-refractivity contribution is -0.176. The number of hydrogen-bond acceptors (Lipinski definition) is 6. The third-order valence-corrected chi connectivity index (χ3v) is 9.82. The van der Waals surface area contributed by atoms with Crippen LogP contribution in [0.3, 0.4) is 0 Å². The average molecular weight is 603 g/mol. The van der Waals surface area contributed by atoms with E-state index in [1.807, 2.05) is 53.7 Å². The van der Waals surface area contributed by atoms with Gasteiger partial charge in [-0.2, -0.15) is 0 Å². The van der Waals surface area contributed by atoms with E-state index in [-0.39, 0.29) is 36.5 Å². The predicted molar refractivity (Wildman–Crippen MR) is 176 cm³/mol. The number of aliphatic hydroxyl groups is 1. The monoisotopic (exact) mass is 602 g/mol. The van der Waals surface area contributed by atoms with E-state index in [2.05, 4.69) is 32.9 Å². The second-order valence-corrected chi connectivity index (χ2v) is 14.1. The van der Waals surface area contributed by atoms with E-state index >= 15 is 0 Å². The molecule has 3 rings (SSSR count). The summed E-state index contributed by atoms with van der Waals surface area (Å²) < 4.78 is 0. The molecule has 6 heteroatoms. The summed E-state index contributed by atoms with van der Waals surface area (Å²) in [5, 5.41) is 31.5. The number of benzene rings is 1. The normalized spacial score (nSPS) is 25.8. The number of ketones is 3. The second-order valence-electron chi connectivity index (χ2n) is 14.1. The highest BCUT2D eigenvalue weighted by molar-refractivity contribution is 6.41. The van der Waals surface area contributed by atoms with Gasteiger partial charge in [0.25, 0.3) is 0 Å². The highest BCUT2D eigenvalue weighted by Crippen LogP contribution is 2.65. The van der Waals surface area contributed by atoms with Crippen LogP contribution in [0.15, 0.2) is 70.4 Å². The number of rotatable bonds is 10. The molecule has 0 saturated heterocycles. The van der Waals surface area contributed by atoms with Crippen LogP contribution in [-0.2, 0) is 14.4 Å². The Bertz CT molecular complexity index is 1480. The number of phenolic OH excluding ortho intramolecular Hbond substituents is 2. The van der Waals surface area contributed by atoms with E-state index in [1.165, 1.54) is 23.3 Å². The first-order valence-corrected chi connectivity index (χ1v) is 15.6. The zero-order valence-electron chi connectivity index (χ0n) is 27.9. The van der Waals surface area contributed by atoms with Crippen LogP contribution in [0.1, 0.15) is 106 Å². The maximum atomic E-state index is 14.9. The Morgan fingerprint density at radius 3 is 1.98 bits per heavy atom. The largest absolute Gasteiger partial charge is 0.506 e. The Labute approximate surface area is 263 Å². The molecule has 0 unspecified atom stereocenters. The summed E-state index contributed by atoms with van der Waals surface area (Å²) in [4.78, 5) is 44.3. The van der Waals surface area contributed by atoms with Crippen molar-refractivity contribution in [3.8, 4) is 11.5 Å². The van der Waals surface area contributed by atoms with Gasteiger partial charge >= 0.3 is 0 Å². The fourth-order valence-electron chi connectivity index (χ4n) is 6.86. The van der Waals surface area contributed by atoms with Crippen molar-refractivity contribution < 1.29 is 29.7 Å². The maximum Gasteiger partial charge on any atom is 0.184 e. The molecule has 2 saturated carbocycles. The number of carbonyl (C=O) groups is 3. The lowest BCUT2D eigenvalue weighted by Gasteiger charge is -2.60. The highest BCUT2D eigenvalue weighted by atomic mass is 16.3. The first kappa shape index (κ1) is 34.8. The van der Waals surface area contributed by atoms with Crippen molar-refractivity contribution in [2.24, 2.45) is 22.2 Å². The Kier molecular flexibility index (Phi) is 10.4. The summed E-state index contributed by atoms with van der Waals surface area (Å²) in [6.45, 7) is 17.8. The van der Waals surface area contributed by atoms with Gasteiger partial charge < -0.3 is 15.3 Å². The van der Waals surface area contributed by atoms with Crippen molar-refractivity contribution in [2.45, 2.75) is 101 Å². The molecule has 0 aromatic heterocycles. The molecule has 0 spiro atoms. The Balaban J connectivity index is 2.32. The van der Waals surface area contributed by atoms with E-state index in [0.717, 1.165) is 30.1 Å². The minimum atomic E-state index is -1.59. The van der Waals surface area contributed by atoms with Crippen LogP contribution < -0.4 is 0 Å². The first-order valence-electron chi connectivity index (χ1n) is 15.6. The van der Waals surface area contributed by atoms with E-state index in [9.17, 15) is 29.7 Å². The second kappa shape index (κ2) is 13.1. The molecule has 3 atom stereocenters. The zero-order chi connectivity index (χ0) is 33.2. The molecule has 44 heavy (non-hydrogen) atoms. The standard InChI is InChI=1S/C38H50O6/c1-23(2)11-10-12-26(7)13-15-28-22-37(19-17-24(3)4)33(42)31(32(41)27-14-16-29(39)30(40)21-27)34(43)38(35(37)44,36(28,8)9)20-18-25(5)6/h11,13-14,16-18,21,28,39-41H,10,12,15,19-20,22H2,1-9H3/t28-,37+,38-/m1/s1. The van der Waals surface area contributed by atoms with Crippen LogP contribution in [0.2, 0.25) is 0 Å². The van der Waals surface area contributed by atoms with Crippen LogP contribution >= 0.6 is 0 Å². The van der Waals surface area contributed by atoms with E-state index < -0.39 is 50.6 Å². The smallest absolute Gasteiger partial charge is 0.184 e. The molecular formula is C38H50O6. The van der Waals surface area contributed by atoms with Gasteiger partial charge in [-0.05, 0) is 117 Å². The fourth-order valence-corrected chi connectivity index (χ4v) is 6.86. The minimum absolute atomic E-state index is 0.0171. The third kappa shape index (κ3) is 6.27. The summed E-state index contributed by atoms with van der Waals surface area (Å²) in [5.74, 6) is -3.36. The molecule has 0 amide bonds. The van der Waals surface area contributed by atoms with Crippen LogP contribution in [0, 0.1) is 22.2 Å². The Morgan fingerprint density at radius 2 is 1.41 bits per heavy atom. The lowest BCUT2D eigenvalue weighted by atomic mass is 9.38. The van der Waals surface area contributed by atoms with Crippen molar-refractivity contribution in [2.75, 3.05) is 0 Å². The molecule has 2 bridgehead atoms. The van der Waals surface area contributed by atoms with Crippen molar-refractivity contribution in [1.29, 1.82) is 0 Å². The van der Waals surface area contributed by atoms with Crippen molar-refractivity contribution >= 4 is 23.1 Å². The predicted octanol–water partition coefficient (Wildman–Crippen LogP) is 8.90. The number of Topliss-reactive ketones (excluding diaryl/α,β-unsaturated/α-hetero) is 3. The van der Waals surface area contributed by atoms with Gasteiger partial charge in [0.2, 0.25) is 0 Å². The minimum Gasteiger partial charge on any atom is -0.506 e. The summed E-state index contributed by atoms with van der Waals surface area (Å²) in [5.41, 5.74) is 0.00501. The van der Waals surface area contributed by atoms with Gasteiger partial charge in [0.05, 0.1) is 5.41 Å². The highest BCUT2D eigenvalue weighted by Gasteiger charge is 2.73. The van der Waals surface area contributed by atoms with E-state index in [0.29, 0.717) is 6.42 Å². The molecule has 2 aliphatic carbocycles. The van der Waals surface area contributed by atoms with Crippen LogP contribution in [-0.4, -0.2) is 32.7 Å².